The van der Waals surface area contributed by atoms with Crippen LogP contribution < -0.4 is 9.46 Å². The quantitative estimate of drug-likeness (QED) is 0.395. The number of fused-ring (bicyclic) bond motifs is 1. The fourth-order valence-electron chi connectivity index (χ4n) is 3.57. The number of sulfonamides is 1. The molecule has 1 N–H and O–H groups in total. The maximum absolute atomic E-state index is 12.7. The molecule has 0 saturated carbocycles. The van der Waals surface area contributed by atoms with Gasteiger partial charge in [0.25, 0.3) is 0 Å². The van der Waals surface area contributed by atoms with Gasteiger partial charge in [0.1, 0.15) is 5.75 Å². The van der Waals surface area contributed by atoms with Crippen molar-refractivity contribution in [1.29, 1.82) is 0 Å². The van der Waals surface area contributed by atoms with Crippen LogP contribution in [0.4, 0.5) is 13.2 Å². The summed E-state index contributed by atoms with van der Waals surface area (Å²) < 4.78 is 76.9. The molecule has 0 unspecified atom stereocenters. The largest absolute Gasteiger partial charge is 0.497 e. The first-order chi connectivity index (χ1) is 16.1. The van der Waals surface area contributed by atoms with E-state index in [4.69, 9.17) is 4.74 Å². The molecule has 0 aliphatic heterocycles. The number of benzene rings is 2. The van der Waals surface area contributed by atoms with Gasteiger partial charge in [-0.05, 0) is 48.4 Å². The van der Waals surface area contributed by atoms with Crippen LogP contribution in [0.15, 0.2) is 53.2 Å². The summed E-state index contributed by atoms with van der Waals surface area (Å²) in [7, 11) is -2.01. The molecule has 0 spiro atoms. The second-order valence-corrected chi connectivity index (χ2v) is 9.47. The highest BCUT2D eigenvalue weighted by Crippen LogP contribution is 2.31. The molecule has 2 aromatic carbocycles. The smallest absolute Gasteiger partial charge is 0.471 e. The molecule has 2 aromatic heterocycles. The average molecular weight is 494 g/mol. The van der Waals surface area contributed by atoms with Crippen molar-refractivity contribution < 1.29 is 30.8 Å². The Bertz CT molecular complexity index is 1410. The SMILES string of the molecule is COc1ccc(CS(=O)(=O)NCCn2cc(C)c3cc(-c4noc(C(F)(F)F)n4)ccc32)cc1. The van der Waals surface area contributed by atoms with Gasteiger partial charge in [-0.2, -0.15) is 18.2 Å². The molecular weight excluding hydrogens is 473 g/mol. The van der Waals surface area contributed by atoms with Gasteiger partial charge in [-0.25, -0.2) is 13.1 Å². The highest BCUT2D eigenvalue weighted by molar-refractivity contribution is 7.88. The number of nitrogens with one attached hydrogen (secondary N) is 1. The van der Waals surface area contributed by atoms with Crippen molar-refractivity contribution in [3.05, 3.63) is 65.7 Å². The van der Waals surface area contributed by atoms with Crippen molar-refractivity contribution in [2.24, 2.45) is 0 Å². The number of hydrogen-bond donors (Lipinski definition) is 1. The van der Waals surface area contributed by atoms with Crippen molar-refractivity contribution in [3.8, 4) is 17.1 Å². The number of aryl methyl sites for hydroxylation is 1. The highest BCUT2D eigenvalue weighted by Gasteiger charge is 2.38. The van der Waals surface area contributed by atoms with Gasteiger partial charge in [0, 0.05) is 35.8 Å². The van der Waals surface area contributed by atoms with Crippen molar-refractivity contribution in [3.63, 3.8) is 0 Å². The van der Waals surface area contributed by atoms with Gasteiger partial charge in [0.15, 0.2) is 0 Å². The minimum absolute atomic E-state index is 0.156. The van der Waals surface area contributed by atoms with Gasteiger partial charge in [-0.1, -0.05) is 17.3 Å². The van der Waals surface area contributed by atoms with Crippen LogP contribution in [-0.2, 0) is 28.5 Å². The fourth-order valence-corrected chi connectivity index (χ4v) is 4.70. The normalized spacial score (nSPS) is 12.4. The Morgan fingerprint density at radius 2 is 1.88 bits per heavy atom. The Morgan fingerprint density at radius 1 is 1.15 bits per heavy atom. The molecule has 0 aliphatic rings. The van der Waals surface area contributed by atoms with E-state index in [0.717, 1.165) is 16.5 Å². The zero-order valence-corrected chi connectivity index (χ0v) is 19.1. The van der Waals surface area contributed by atoms with Crippen LogP contribution >= 0.6 is 0 Å². The zero-order valence-electron chi connectivity index (χ0n) is 18.3. The average Bonchev–Trinajstić information content (AvgIpc) is 3.39. The first kappa shape index (κ1) is 23.8. The molecule has 0 amide bonds. The van der Waals surface area contributed by atoms with E-state index in [1.807, 2.05) is 17.7 Å². The lowest BCUT2D eigenvalue weighted by Gasteiger charge is -2.09. The third-order valence-corrected chi connectivity index (χ3v) is 6.55. The van der Waals surface area contributed by atoms with Crippen LogP contribution in [0.25, 0.3) is 22.3 Å². The number of halogens is 3. The van der Waals surface area contributed by atoms with Gasteiger partial charge in [0.2, 0.25) is 15.8 Å². The van der Waals surface area contributed by atoms with Crippen molar-refractivity contribution in [1.82, 2.24) is 19.4 Å². The molecule has 12 heteroatoms. The Balaban J connectivity index is 1.45. The van der Waals surface area contributed by atoms with Gasteiger partial charge in [-0.15, -0.1) is 0 Å². The number of rotatable bonds is 8. The van der Waals surface area contributed by atoms with Gasteiger partial charge < -0.3 is 13.8 Å². The minimum Gasteiger partial charge on any atom is -0.497 e. The van der Waals surface area contributed by atoms with Crippen molar-refractivity contribution in [2.45, 2.75) is 25.4 Å². The van der Waals surface area contributed by atoms with E-state index in [9.17, 15) is 21.6 Å². The monoisotopic (exact) mass is 494 g/mol. The molecule has 0 saturated heterocycles. The Hall–Kier alpha value is -3.38. The molecule has 0 radical (unpaired) electrons. The maximum Gasteiger partial charge on any atom is 0.471 e. The van der Waals surface area contributed by atoms with E-state index in [2.05, 4.69) is 19.4 Å². The van der Waals surface area contributed by atoms with Crippen LogP contribution in [0, 0.1) is 6.92 Å². The van der Waals surface area contributed by atoms with E-state index in [1.54, 1.807) is 42.5 Å². The Morgan fingerprint density at radius 3 is 2.53 bits per heavy atom. The first-order valence-electron chi connectivity index (χ1n) is 10.2. The standard InChI is InChI=1S/C22H21F3N4O4S/c1-14-12-29(10-9-26-34(30,31)13-15-3-6-17(32-2)7-4-15)19-8-5-16(11-18(14)19)20-27-21(33-28-20)22(23,24)25/h3-8,11-12,26H,9-10,13H2,1-2H3. The van der Waals surface area contributed by atoms with E-state index >= 15 is 0 Å². The molecule has 8 nitrogen and oxygen atoms in total. The zero-order chi connectivity index (χ0) is 24.5. The number of ether oxygens (including phenoxy) is 1. The minimum atomic E-state index is -4.71. The summed E-state index contributed by atoms with van der Waals surface area (Å²) in [6.07, 6.45) is -2.86. The summed E-state index contributed by atoms with van der Waals surface area (Å²) in [6.45, 7) is 2.39. The predicted molar refractivity (Wildman–Crippen MR) is 119 cm³/mol. The third-order valence-electron chi connectivity index (χ3n) is 5.20. The second kappa shape index (κ2) is 9.11. The molecule has 180 valence electrons. The lowest BCUT2D eigenvalue weighted by molar-refractivity contribution is -0.159. The molecule has 0 bridgehead atoms. The van der Waals surface area contributed by atoms with Crippen LogP contribution in [0.1, 0.15) is 17.0 Å². The topological polar surface area (TPSA) is 99.2 Å². The summed E-state index contributed by atoms with van der Waals surface area (Å²) in [5, 5.41) is 4.21. The molecule has 34 heavy (non-hydrogen) atoms. The van der Waals surface area contributed by atoms with E-state index in [0.29, 0.717) is 23.4 Å². The maximum atomic E-state index is 12.7. The Labute approximate surface area is 193 Å². The number of aromatic nitrogens is 3. The first-order valence-corrected chi connectivity index (χ1v) is 11.8. The van der Waals surface area contributed by atoms with E-state index < -0.39 is 22.1 Å². The molecule has 0 aliphatic carbocycles. The Kier molecular flexibility index (Phi) is 6.36. The van der Waals surface area contributed by atoms with Crippen LogP contribution in [0.3, 0.4) is 0 Å². The highest BCUT2D eigenvalue weighted by atomic mass is 32.2. The number of methoxy groups -OCH3 is 1. The molecule has 4 aromatic rings. The van der Waals surface area contributed by atoms with Gasteiger partial charge >= 0.3 is 12.1 Å². The molecule has 0 fully saturated rings. The van der Waals surface area contributed by atoms with E-state index in [1.165, 1.54) is 7.11 Å². The summed E-state index contributed by atoms with van der Waals surface area (Å²) >= 11 is 0. The lowest BCUT2D eigenvalue weighted by Crippen LogP contribution is -2.28. The molecular formula is C22H21F3N4O4S. The molecule has 0 atom stereocenters. The summed E-state index contributed by atoms with van der Waals surface area (Å²) in [4.78, 5) is 3.42. The molecule has 2 heterocycles. The number of alkyl halides is 3. The summed E-state index contributed by atoms with van der Waals surface area (Å²) in [6, 6.07) is 11.8. The predicted octanol–water partition coefficient (Wildman–Crippen LogP) is 4.15. The van der Waals surface area contributed by atoms with Crippen LogP contribution in [0.5, 0.6) is 5.75 Å². The second-order valence-electron chi connectivity index (χ2n) is 7.66. The van der Waals surface area contributed by atoms with Crippen LogP contribution in [0.2, 0.25) is 0 Å². The summed E-state index contributed by atoms with van der Waals surface area (Å²) in [5.41, 5.74) is 2.69. The summed E-state index contributed by atoms with van der Waals surface area (Å²) in [5.74, 6) is -1.07. The fraction of sp³-hybridized carbons (Fsp3) is 0.273. The third kappa shape index (κ3) is 5.23. The van der Waals surface area contributed by atoms with Gasteiger partial charge in [0.05, 0.1) is 12.9 Å². The van der Waals surface area contributed by atoms with E-state index in [-0.39, 0.29) is 18.1 Å². The molecule has 4 rings (SSSR count). The van der Waals surface area contributed by atoms with Crippen molar-refractivity contribution in [2.75, 3.05) is 13.7 Å². The number of hydrogen-bond acceptors (Lipinski definition) is 6. The number of nitrogens with zero attached hydrogens (tertiary/aromatic N) is 3. The van der Waals surface area contributed by atoms with Crippen LogP contribution in [-0.4, -0.2) is 36.8 Å². The van der Waals surface area contributed by atoms with Crippen molar-refractivity contribution >= 4 is 20.9 Å². The lowest BCUT2D eigenvalue weighted by atomic mass is 10.1. The van der Waals surface area contributed by atoms with Gasteiger partial charge in [-0.3, -0.25) is 0 Å².